The van der Waals surface area contributed by atoms with Crippen molar-refractivity contribution < 1.29 is 9.64 Å². The molecule has 0 aromatic heterocycles. The van der Waals surface area contributed by atoms with Crippen LogP contribution in [0.15, 0.2) is 0 Å². The molecule has 0 aliphatic carbocycles. The van der Waals surface area contributed by atoms with Crippen molar-refractivity contribution in [3.63, 3.8) is 0 Å². The van der Waals surface area contributed by atoms with E-state index in [1.54, 1.807) is 4.90 Å². The molecule has 1 aliphatic heterocycles. The van der Waals surface area contributed by atoms with E-state index in [9.17, 15) is 0 Å². The lowest BCUT2D eigenvalue weighted by molar-refractivity contribution is -0.879. The monoisotopic (exact) mass is 221 g/mol. The van der Waals surface area contributed by atoms with E-state index in [2.05, 4.69) is 17.9 Å². The first-order chi connectivity index (χ1) is 7.64. The normalized spacial score (nSPS) is 16.6. The van der Waals surface area contributed by atoms with Crippen LogP contribution in [0.3, 0.4) is 0 Å². The summed E-state index contributed by atoms with van der Waals surface area (Å²) in [6, 6.07) is 2.06. The number of ether oxygens (including phenoxy) is 1. The Bertz CT molecular complexity index is 300. The summed E-state index contributed by atoms with van der Waals surface area (Å²) in [5.74, 6) is 6.34. The molecule has 3 nitrogen and oxygen atoms in total. The van der Waals surface area contributed by atoms with Crippen LogP contribution in [0.25, 0.3) is 0 Å². The average Bonchev–Trinajstić information content (AvgIpc) is 2.70. The molecule has 0 aromatic rings. The molecule has 0 amide bonds. The maximum Gasteiger partial charge on any atom is 0.139 e. The number of hydrogen-bond donors (Lipinski definition) is 1. The summed E-state index contributed by atoms with van der Waals surface area (Å²) in [5, 5.41) is 8.41. The minimum absolute atomic E-state index is 0.421. The smallest absolute Gasteiger partial charge is 0.139 e. The molecular weight excluding hydrogens is 200 g/mol. The Morgan fingerprint density at radius 1 is 1.31 bits per heavy atom. The number of quaternary nitrogens is 1. The topological polar surface area (TPSA) is 37.5 Å². The second-order valence-corrected chi connectivity index (χ2v) is 4.70. The molecular formula is C13H21N2O+. The van der Waals surface area contributed by atoms with Crippen LogP contribution in [0.1, 0.15) is 33.1 Å². The lowest BCUT2D eigenvalue weighted by Gasteiger charge is -2.17. The zero-order valence-corrected chi connectivity index (χ0v) is 10.3. The van der Waals surface area contributed by atoms with Gasteiger partial charge in [0, 0.05) is 12.8 Å². The van der Waals surface area contributed by atoms with Gasteiger partial charge < -0.3 is 9.64 Å². The zero-order chi connectivity index (χ0) is 11.9. The summed E-state index contributed by atoms with van der Waals surface area (Å²) in [6.07, 6.45) is 3.10. The molecule has 0 radical (unpaired) electrons. The maximum atomic E-state index is 8.41. The van der Waals surface area contributed by atoms with Crippen LogP contribution in [-0.4, -0.2) is 31.8 Å². The Labute approximate surface area is 98.4 Å². The molecule has 0 unspecified atom stereocenters. The predicted molar refractivity (Wildman–Crippen MR) is 62.8 cm³/mol. The molecule has 1 saturated heterocycles. The molecule has 1 rings (SSSR count). The van der Waals surface area contributed by atoms with Gasteiger partial charge in [-0.1, -0.05) is 5.92 Å². The van der Waals surface area contributed by atoms with E-state index in [4.69, 9.17) is 10.00 Å². The van der Waals surface area contributed by atoms with Crippen molar-refractivity contribution in [1.29, 1.82) is 5.26 Å². The fraction of sp³-hybridized carbons (Fsp3) is 0.769. The number of hydrogen-bond acceptors (Lipinski definition) is 2. The van der Waals surface area contributed by atoms with E-state index >= 15 is 0 Å². The van der Waals surface area contributed by atoms with Crippen molar-refractivity contribution in [3.8, 4) is 17.9 Å². The minimum Gasteiger partial charge on any atom is -0.362 e. The van der Waals surface area contributed by atoms with Gasteiger partial charge in [0.1, 0.15) is 12.1 Å². The number of nitrogens with one attached hydrogen (secondary N) is 1. The summed E-state index contributed by atoms with van der Waals surface area (Å²) in [6.45, 7) is 7.81. The predicted octanol–water partition coefficient (Wildman–Crippen LogP) is 0.377. The van der Waals surface area contributed by atoms with E-state index in [0.29, 0.717) is 13.0 Å². The van der Waals surface area contributed by atoms with Gasteiger partial charge in [-0.25, -0.2) is 0 Å². The van der Waals surface area contributed by atoms with Crippen molar-refractivity contribution in [2.45, 2.75) is 38.7 Å². The second-order valence-electron chi connectivity index (χ2n) is 4.70. The number of rotatable bonds is 4. The Kier molecular flexibility index (Phi) is 5.32. The summed E-state index contributed by atoms with van der Waals surface area (Å²) in [5.41, 5.74) is -0.421. The minimum atomic E-state index is -0.421. The van der Waals surface area contributed by atoms with E-state index in [0.717, 1.165) is 6.54 Å². The first-order valence-corrected chi connectivity index (χ1v) is 5.98. The first kappa shape index (κ1) is 13.0. The summed E-state index contributed by atoms with van der Waals surface area (Å²) in [7, 11) is 0. The highest BCUT2D eigenvalue weighted by atomic mass is 16.5. The largest absolute Gasteiger partial charge is 0.362 e. The summed E-state index contributed by atoms with van der Waals surface area (Å²) < 4.78 is 5.53. The lowest BCUT2D eigenvalue weighted by atomic mass is 10.1. The molecule has 1 N–H and O–H groups in total. The highest BCUT2D eigenvalue weighted by molar-refractivity contribution is 5.11. The molecule has 0 aromatic carbocycles. The molecule has 88 valence electrons. The van der Waals surface area contributed by atoms with E-state index < -0.39 is 5.60 Å². The Morgan fingerprint density at radius 3 is 2.62 bits per heavy atom. The number of likely N-dealkylation sites (tertiary alicyclic amines) is 1. The first-order valence-electron chi connectivity index (χ1n) is 5.98. The van der Waals surface area contributed by atoms with Gasteiger partial charge in [-0.05, 0) is 19.8 Å². The van der Waals surface area contributed by atoms with Crippen LogP contribution in [0.2, 0.25) is 0 Å². The fourth-order valence-corrected chi connectivity index (χ4v) is 1.82. The fourth-order valence-electron chi connectivity index (χ4n) is 1.82. The zero-order valence-electron chi connectivity index (χ0n) is 10.3. The second kappa shape index (κ2) is 6.53. The van der Waals surface area contributed by atoms with Crippen LogP contribution in [0.5, 0.6) is 0 Å². The third-order valence-corrected chi connectivity index (χ3v) is 2.72. The van der Waals surface area contributed by atoms with Gasteiger partial charge in [0.2, 0.25) is 0 Å². The molecule has 1 fully saturated rings. The van der Waals surface area contributed by atoms with Gasteiger partial charge in [0.05, 0.1) is 32.2 Å². The Balaban J connectivity index is 2.27. The molecule has 0 atom stereocenters. The van der Waals surface area contributed by atoms with Crippen LogP contribution < -0.4 is 4.90 Å². The quantitative estimate of drug-likeness (QED) is 0.550. The lowest BCUT2D eigenvalue weighted by Crippen LogP contribution is -3.09. The van der Waals surface area contributed by atoms with Crippen molar-refractivity contribution in [2.75, 3.05) is 26.2 Å². The van der Waals surface area contributed by atoms with Crippen LogP contribution in [0.4, 0.5) is 0 Å². The summed E-state index contributed by atoms with van der Waals surface area (Å²) in [4.78, 5) is 1.58. The molecule has 0 bridgehead atoms. The highest BCUT2D eigenvalue weighted by Crippen LogP contribution is 2.06. The third-order valence-electron chi connectivity index (χ3n) is 2.72. The van der Waals surface area contributed by atoms with Gasteiger partial charge in [-0.15, -0.1) is 0 Å². The van der Waals surface area contributed by atoms with E-state index in [1.807, 2.05) is 13.8 Å². The van der Waals surface area contributed by atoms with Crippen LogP contribution in [0, 0.1) is 23.2 Å². The average molecular weight is 221 g/mol. The maximum absolute atomic E-state index is 8.41. The van der Waals surface area contributed by atoms with Crippen molar-refractivity contribution in [1.82, 2.24) is 0 Å². The highest BCUT2D eigenvalue weighted by Gasteiger charge is 2.16. The van der Waals surface area contributed by atoms with Crippen molar-refractivity contribution in [3.05, 3.63) is 0 Å². The van der Waals surface area contributed by atoms with E-state index in [-0.39, 0.29) is 0 Å². The van der Waals surface area contributed by atoms with Gasteiger partial charge in [-0.3, -0.25) is 0 Å². The Hall–Kier alpha value is -1.03. The molecule has 16 heavy (non-hydrogen) atoms. The van der Waals surface area contributed by atoms with Gasteiger partial charge in [-0.2, -0.15) is 5.26 Å². The van der Waals surface area contributed by atoms with Crippen molar-refractivity contribution in [2.24, 2.45) is 0 Å². The third kappa shape index (κ3) is 5.16. The molecule has 1 aliphatic rings. The SMILES string of the molecule is CC(C)(C#CC[NH+]1CCCC1)OCCC#N. The van der Waals surface area contributed by atoms with E-state index in [1.165, 1.54) is 25.9 Å². The summed E-state index contributed by atoms with van der Waals surface area (Å²) >= 11 is 0. The van der Waals surface area contributed by atoms with Crippen molar-refractivity contribution >= 4 is 0 Å². The molecule has 1 heterocycles. The molecule has 0 saturated carbocycles. The van der Waals surface area contributed by atoms with Gasteiger partial charge in [0.25, 0.3) is 0 Å². The molecule has 3 heteroatoms. The van der Waals surface area contributed by atoms with Gasteiger partial charge in [0.15, 0.2) is 0 Å². The molecule has 0 spiro atoms. The number of nitriles is 1. The van der Waals surface area contributed by atoms with Crippen LogP contribution >= 0.6 is 0 Å². The standard InChI is InChI=1S/C13H20N2O/c1-13(2,16-12-6-8-14)7-5-11-15-9-3-4-10-15/h3-4,6,9-12H2,1-2H3/p+1. The van der Waals surface area contributed by atoms with Crippen LogP contribution in [-0.2, 0) is 4.74 Å². The number of nitrogens with zero attached hydrogens (tertiary/aromatic N) is 1. The Morgan fingerprint density at radius 2 is 2.00 bits per heavy atom. The van der Waals surface area contributed by atoms with Gasteiger partial charge >= 0.3 is 0 Å².